The van der Waals surface area contributed by atoms with Crippen LogP contribution in [0, 0.1) is 0 Å². The van der Waals surface area contributed by atoms with Crippen LogP contribution in [0.4, 0.5) is 0 Å². The Morgan fingerprint density at radius 3 is 1.24 bits per heavy atom. The molecule has 2 aromatic carbocycles. The predicted octanol–water partition coefficient (Wildman–Crippen LogP) is 1.84. The molecule has 10 atom stereocenters. The maximum atomic E-state index is 14.1. The van der Waals surface area contributed by atoms with Crippen molar-refractivity contribution >= 4 is 53.5 Å². The zero-order chi connectivity index (χ0) is 49.0. The van der Waals surface area contributed by atoms with Crippen LogP contribution >= 0.6 is 0 Å². The summed E-state index contributed by atoms with van der Waals surface area (Å²) in [6, 6.07) is 7.25. The summed E-state index contributed by atoms with van der Waals surface area (Å²) < 4.78 is 67.1. The van der Waals surface area contributed by atoms with Crippen LogP contribution in [0.15, 0.2) is 36.4 Å². The predicted molar refractivity (Wildman–Crippen MR) is 214 cm³/mol. The Labute approximate surface area is 376 Å². The lowest BCUT2D eigenvalue weighted by atomic mass is 9.97. The fourth-order valence-electron chi connectivity index (χ4n) is 6.90. The van der Waals surface area contributed by atoms with Crippen molar-refractivity contribution in [3.05, 3.63) is 47.5 Å². The summed E-state index contributed by atoms with van der Waals surface area (Å²) in [5.74, 6) is -8.66. The van der Waals surface area contributed by atoms with Crippen molar-refractivity contribution < 1.29 is 110 Å². The Kier molecular flexibility index (Phi) is 18.2. The molecular weight excluding hydrogens is 884 g/mol. The molecule has 66 heavy (non-hydrogen) atoms. The van der Waals surface area contributed by atoms with Crippen molar-refractivity contribution in [3.63, 3.8) is 0 Å². The van der Waals surface area contributed by atoms with Crippen LogP contribution in [0.2, 0.25) is 0 Å². The van der Waals surface area contributed by atoms with Gasteiger partial charge >= 0.3 is 47.8 Å². The number of phenols is 2. The van der Waals surface area contributed by atoms with E-state index in [-0.39, 0.29) is 41.2 Å². The molecule has 2 aliphatic heterocycles. The van der Waals surface area contributed by atoms with Crippen LogP contribution in [-0.2, 0) is 92.1 Å². The van der Waals surface area contributed by atoms with Crippen LogP contribution < -0.4 is 9.47 Å². The molecule has 2 heterocycles. The highest BCUT2D eigenvalue weighted by Gasteiger charge is 2.55. The van der Waals surface area contributed by atoms with Crippen LogP contribution in [0.3, 0.4) is 0 Å². The first kappa shape index (κ1) is 51.6. The summed E-state index contributed by atoms with van der Waals surface area (Å²) in [5.41, 5.74) is 0.0799. The van der Waals surface area contributed by atoms with Crippen molar-refractivity contribution in [1.29, 1.82) is 0 Å². The molecule has 2 fully saturated rings. The Bertz CT molecular complexity index is 2150. The molecule has 2 aromatic rings. The minimum absolute atomic E-state index is 0.136. The number of carbonyl (C=O) groups is 9. The molecule has 2 saturated heterocycles. The lowest BCUT2D eigenvalue weighted by Crippen LogP contribution is -2.63. The van der Waals surface area contributed by atoms with E-state index in [4.69, 9.17) is 56.8 Å². The van der Waals surface area contributed by atoms with E-state index >= 15 is 0 Å². The maximum Gasteiger partial charge on any atom is 0.303 e. The van der Waals surface area contributed by atoms with Gasteiger partial charge in [-0.25, -0.2) is 0 Å². The summed E-state index contributed by atoms with van der Waals surface area (Å²) in [4.78, 5) is 111. The monoisotopic (exact) mass is 934 g/mol. The average Bonchev–Trinajstić information content (AvgIpc) is 3.19. The van der Waals surface area contributed by atoms with Gasteiger partial charge in [0.05, 0.1) is 5.56 Å². The van der Waals surface area contributed by atoms with Crippen molar-refractivity contribution in [2.75, 3.05) is 13.2 Å². The number of hydrogen-bond donors (Lipinski definition) is 2. The Morgan fingerprint density at radius 2 is 0.833 bits per heavy atom. The van der Waals surface area contributed by atoms with Crippen LogP contribution in [0.5, 0.6) is 23.0 Å². The van der Waals surface area contributed by atoms with Gasteiger partial charge < -0.3 is 67.1 Å². The van der Waals surface area contributed by atoms with Gasteiger partial charge in [-0.05, 0) is 30.2 Å². The zero-order valence-electron chi connectivity index (χ0n) is 37.0. The van der Waals surface area contributed by atoms with Gasteiger partial charge in [0.25, 0.3) is 0 Å². The lowest BCUT2D eigenvalue weighted by Gasteiger charge is -2.44. The Balaban J connectivity index is 1.69. The minimum atomic E-state index is -1.77. The first-order chi connectivity index (χ1) is 31.0. The number of benzene rings is 2. The third-order valence-electron chi connectivity index (χ3n) is 9.32. The smallest absolute Gasteiger partial charge is 0.303 e. The summed E-state index contributed by atoms with van der Waals surface area (Å²) in [6.45, 7) is 7.31. The van der Waals surface area contributed by atoms with Crippen molar-refractivity contribution in [2.24, 2.45) is 0 Å². The van der Waals surface area contributed by atoms with Gasteiger partial charge in [-0.3, -0.25) is 43.2 Å². The number of ether oxygens (including phenoxy) is 12. The number of ketones is 1. The molecule has 0 aliphatic carbocycles. The second-order valence-corrected chi connectivity index (χ2v) is 14.8. The fraction of sp³-hybridized carbons (Fsp3) is 0.512. The van der Waals surface area contributed by atoms with Crippen LogP contribution in [0.25, 0.3) is 0 Å². The number of Topliss-reactive ketones (excluding diaryl/α,β-unsaturated/α-hetero) is 1. The van der Waals surface area contributed by atoms with E-state index in [2.05, 4.69) is 0 Å². The van der Waals surface area contributed by atoms with Crippen molar-refractivity contribution in [1.82, 2.24) is 0 Å². The number of aromatic hydroxyl groups is 2. The van der Waals surface area contributed by atoms with Gasteiger partial charge in [0.2, 0.25) is 24.8 Å². The highest BCUT2D eigenvalue weighted by molar-refractivity contribution is 5.99. The largest absolute Gasteiger partial charge is 0.508 e. The molecule has 0 aromatic heterocycles. The number of aryl methyl sites for hydroxylation is 1. The second kappa shape index (κ2) is 23.3. The number of rotatable bonds is 18. The van der Waals surface area contributed by atoms with E-state index in [1.54, 1.807) is 0 Å². The molecule has 23 nitrogen and oxygen atoms in total. The topological polar surface area (TPSA) is 305 Å². The fourth-order valence-corrected chi connectivity index (χ4v) is 6.90. The third-order valence-corrected chi connectivity index (χ3v) is 9.32. The molecule has 0 saturated carbocycles. The molecule has 0 amide bonds. The van der Waals surface area contributed by atoms with Gasteiger partial charge in [0, 0.05) is 73.9 Å². The van der Waals surface area contributed by atoms with Crippen molar-refractivity contribution in [2.45, 2.75) is 130 Å². The first-order valence-electron chi connectivity index (χ1n) is 20.1. The van der Waals surface area contributed by atoms with Crippen LogP contribution in [0.1, 0.15) is 77.7 Å². The molecular formula is C43H50O23. The maximum absolute atomic E-state index is 14.1. The molecule has 2 aliphatic rings. The zero-order valence-corrected chi connectivity index (χ0v) is 37.0. The summed E-state index contributed by atoms with van der Waals surface area (Å²) >= 11 is 0. The lowest BCUT2D eigenvalue weighted by molar-refractivity contribution is -0.288. The molecule has 0 bridgehead atoms. The molecule has 2 unspecified atom stereocenters. The summed E-state index contributed by atoms with van der Waals surface area (Å²) in [5, 5.41) is 21.0. The molecule has 23 heteroatoms. The highest BCUT2D eigenvalue weighted by atomic mass is 16.7. The second-order valence-electron chi connectivity index (χ2n) is 14.8. The molecule has 2 N–H and O–H groups in total. The summed E-state index contributed by atoms with van der Waals surface area (Å²) in [7, 11) is 0. The average molecular weight is 935 g/mol. The van der Waals surface area contributed by atoms with E-state index in [1.165, 1.54) is 24.3 Å². The van der Waals surface area contributed by atoms with E-state index in [1.807, 2.05) is 0 Å². The van der Waals surface area contributed by atoms with E-state index in [0.717, 1.165) is 67.5 Å². The Hall–Kier alpha value is -7.01. The SMILES string of the molecule is CC(=O)OC[C@H]1OC(Oc2cc(O)ccc2CCC(=O)c2ccc(O)cc2OC2O[C@H](COC(C)=O)[C@@H](OC(C)=O)[C@H](OC(C)=O)[C@H]2OC(C)=O)[C@H](OC(C)=O)[C@@H](OC(C)=O)[C@@H]1OC(C)=O. The van der Waals surface area contributed by atoms with Gasteiger partial charge in [0.15, 0.2) is 30.2 Å². The normalized spacial score (nSPS) is 24.5. The number of hydrogen-bond acceptors (Lipinski definition) is 23. The quantitative estimate of drug-likeness (QED) is 0.122. The standard InChI is InChI=1S/C43H50O23/c1-19(44)55-17-34-36(57-21(3)46)38(59-23(5)48)40(61-25(7)50)42(65-34)63-32-15-28(52)11-9-27(32)10-14-31(54)30-13-12-29(53)16-33(30)64-43-41(62-26(8)51)39(60-24(6)49)37(58-22(4)47)35(66-43)18-56-20(2)45/h9,11-13,15-16,34-43,52-53H,10,14,17-18H2,1-8H3/t34-,35-,36-,37-,38+,39+,40-,41-,42?,43?/m1/s1. The van der Waals surface area contributed by atoms with Gasteiger partial charge in [-0.15, -0.1) is 0 Å². The first-order valence-corrected chi connectivity index (χ1v) is 20.1. The van der Waals surface area contributed by atoms with E-state index in [0.29, 0.717) is 0 Å². The van der Waals surface area contributed by atoms with Gasteiger partial charge in [0.1, 0.15) is 48.4 Å². The Morgan fingerprint density at radius 1 is 0.470 bits per heavy atom. The molecule has 4 rings (SSSR count). The third kappa shape index (κ3) is 14.8. The number of esters is 8. The summed E-state index contributed by atoms with van der Waals surface area (Å²) in [6.07, 6.45) is -16.2. The molecule has 360 valence electrons. The highest BCUT2D eigenvalue weighted by Crippen LogP contribution is 2.36. The number of phenolic OH excluding ortho intramolecular Hbond substituents is 2. The van der Waals surface area contributed by atoms with Gasteiger partial charge in [-0.2, -0.15) is 0 Å². The molecule has 0 radical (unpaired) electrons. The van der Waals surface area contributed by atoms with E-state index in [9.17, 15) is 53.4 Å². The number of carbonyl (C=O) groups excluding carboxylic acids is 9. The van der Waals surface area contributed by atoms with E-state index < -0.39 is 134 Å². The molecule has 0 spiro atoms. The minimum Gasteiger partial charge on any atom is -0.508 e. The van der Waals surface area contributed by atoms with Crippen molar-refractivity contribution in [3.8, 4) is 23.0 Å². The van der Waals surface area contributed by atoms with Gasteiger partial charge in [-0.1, -0.05) is 6.07 Å². The van der Waals surface area contributed by atoms with Crippen LogP contribution in [-0.4, -0.2) is 138 Å².